The maximum Gasteiger partial charge on any atom is 0.137 e. The van der Waals surface area contributed by atoms with Gasteiger partial charge < -0.3 is 4.42 Å². The Hall–Kier alpha value is -2.54. The van der Waals surface area contributed by atoms with E-state index < -0.39 is 0 Å². The molecule has 0 atom stereocenters. The fraction of sp³-hybridized carbons (Fsp3) is 0.100. The van der Waals surface area contributed by atoms with Crippen LogP contribution in [0.3, 0.4) is 0 Å². The number of rotatable bonds is 2. The Labute approximate surface area is 124 Å². The molecule has 3 aromatic rings. The van der Waals surface area contributed by atoms with Gasteiger partial charge >= 0.3 is 0 Å². The zero-order valence-corrected chi connectivity index (χ0v) is 12.4. The van der Waals surface area contributed by atoms with E-state index in [9.17, 15) is 0 Å². The van der Waals surface area contributed by atoms with E-state index in [0.29, 0.717) is 0 Å². The number of benzene rings is 2. The third kappa shape index (κ3) is 2.55. The summed E-state index contributed by atoms with van der Waals surface area (Å²) >= 11 is 0. The first-order chi connectivity index (χ1) is 10.2. The van der Waals surface area contributed by atoms with Crippen molar-refractivity contribution in [2.24, 2.45) is 0 Å². The van der Waals surface area contributed by atoms with E-state index in [1.807, 2.05) is 30.3 Å². The van der Waals surface area contributed by atoms with Gasteiger partial charge in [-0.3, -0.25) is 0 Å². The molecular formula is C20H18O. The van der Waals surface area contributed by atoms with Gasteiger partial charge in [-0.05, 0) is 36.6 Å². The largest absolute Gasteiger partial charge is 0.456 e. The lowest BCUT2D eigenvalue weighted by Crippen LogP contribution is -2.20. The highest BCUT2D eigenvalue weighted by molar-refractivity contribution is 5.80. The number of para-hydroxylation sites is 1. The van der Waals surface area contributed by atoms with Crippen LogP contribution >= 0.6 is 0 Å². The molecule has 0 radical (unpaired) electrons. The van der Waals surface area contributed by atoms with Crippen molar-refractivity contribution in [2.45, 2.75) is 13.8 Å². The molecule has 0 saturated carbocycles. The van der Waals surface area contributed by atoms with E-state index in [1.165, 1.54) is 11.1 Å². The van der Waals surface area contributed by atoms with Crippen molar-refractivity contribution in [3.63, 3.8) is 0 Å². The molecule has 0 bridgehead atoms. The first-order valence-corrected chi connectivity index (χ1v) is 7.08. The molecule has 3 rings (SSSR count). The molecule has 0 unspecified atom stereocenters. The Morgan fingerprint density at radius 1 is 0.952 bits per heavy atom. The second-order valence-corrected chi connectivity index (χ2v) is 5.28. The summed E-state index contributed by atoms with van der Waals surface area (Å²) in [6.07, 6.45) is 2.15. The zero-order chi connectivity index (χ0) is 14.8. The Balaban J connectivity index is 2.17. The quantitative estimate of drug-likeness (QED) is 0.685. The average Bonchev–Trinajstić information content (AvgIpc) is 2.86. The second-order valence-electron chi connectivity index (χ2n) is 5.28. The van der Waals surface area contributed by atoms with E-state index in [2.05, 4.69) is 50.8 Å². The zero-order valence-electron chi connectivity index (χ0n) is 12.4. The molecule has 0 saturated heterocycles. The van der Waals surface area contributed by atoms with Crippen LogP contribution in [0.15, 0.2) is 65.1 Å². The molecule has 0 spiro atoms. The van der Waals surface area contributed by atoms with Crippen LogP contribution in [0, 0.1) is 0 Å². The number of allylic oxidation sites excluding steroid dienone is 2. The van der Waals surface area contributed by atoms with E-state index in [0.717, 1.165) is 27.2 Å². The highest BCUT2D eigenvalue weighted by Gasteiger charge is 2.03. The Morgan fingerprint density at radius 2 is 1.62 bits per heavy atom. The van der Waals surface area contributed by atoms with Crippen LogP contribution in [0.1, 0.15) is 19.4 Å². The summed E-state index contributed by atoms with van der Waals surface area (Å²) in [6.45, 7) is 8.35. The molecule has 104 valence electrons. The Morgan fingerprint density at radius 3 is 2.33 bits per heavy atom. The monoisotopic (exact) mass is 274 g/mol. The maximum absolute atomic E-state index is 5.95. The van der Waals surface area contributed by atoms with Gasteiger partial charge in [-0.1, -0.05) is 61.2 Å². The van der Waals surface area contributed by atoms with Gasteiger partial charge in [0.1, 0.15) is 11.0 Å². The van der Waals surface area contributed by atoms with Gasteiger partial charge in [0.2, 0.25) is 0 Å². The van der Waals surface area contributed by atoms with Crippen molar-refractivity contribution < 1.29 is 4.42 Å². The van der Waals surface area contributed by atoms with Crippen molar-refractivity contribution in [3.05, 3.63) is 76.9 Å². The van der Waals surface area contributed by atoms with Crippen molar-refractivity contribution in [3.8, 4) is 0 Å². The highest BCUT2D eigenvalue weighted by atomic mass is 16.3. The summed E-state index contributed by atoms with van der Waals surface area (Å²) in [5, 5.41) is 2.04. The summed E-state index contributed by atoms with van der Waals surface area (Å²) in [5.41, 5.74) is 5.29. The Kier molecular flexibility index (Phi) is 3.49. The van der Waals surface area contributed by atoms with Gasteiger partial charge in [0.05, 0.1) is 0 Å². The molecule has 0 aliphatic carbocycles. The minimum Gasteiger partial charge on any atom is -0.456 e. The molecular weight excluding hydrogens is 256 g/mol. The molecule has 0 N–H and O–H groups in total. The summed E-state index contributed by atoms with van der Waals surface area (Å²) in [7, 11) is 0. The average molecular weight is 274 g/mol. The van der Waals surface area contributed by atoms with Gasteiger partial charge in [0, 0.05) is 10.6 Å². The third-order valence-electron chi connectivity index (χ3n) is 3.72. The lowest BCUT2D eigenvalue weighted by Gasteiger charge is -2.00. The SMILES string of the molecule is C=c1/c(=C(C)\C=C(/C)c2ccccc2)oc2ccccc12. The summed E-state index contributed by atoms with van der Waals surface area (Å²) < 4.78 is 5.95. The fourth-order valence-electron chi connectivity index (χ4n) is 2.59. The van der Waals surface area contributed by atoms with Crippen LogP contribution in [0.25, 0.3) is 28.7 Å². The predicted octanol–water partition coefficient (Wildman–Crippen LogP) is 4.12. The lowest BCUT2D eigenvalue weighted by atomic mass is 10.0. The second kappa shape index (κ2) is 5.45. The van der Waals surface area contributed by atoms with Crippen LogP contribution in [0.4, 0.5) is 0 Å². The summed E-state index contributed by atoms with van der Waals surface area (Å²) in [5.74, 6) is 0. The van der Waals surface area contributed by atoms with Crippen molar-refractivity contribution >= 4 is 28.7 Å². The van der Waals surface area contributed by atoms with Gasteiger partial charge in [-0.2, -0.15) is 0 Å². The van der Waals surface area contributed by atoms with Gasteiger partial charge in [0.15, 0.2) is 0 Å². The predicted molar refractivity (Wildman–Crippen MR) is 90.2 cm³/mol. The molecule has 1 nitrogen and oxygen atoms in total. The Bertz CT molecular complexity index is 911. The van der Waals surface area contributed by atoms with Gasteiger partial charge in [-0.25, -0.2) is 0 Å². The van der Waals surface area contributed by atoms with Crippen molar-refractivity contribution in [2.75, 3.05) is 0 Å². The topological polar surface area (TPSA) is 13.1 Å². The van der Waals surface area contributed by atoms with Gasteiger partial charge in [0.25, 0.3) is 0 Å². The van der Waals surface area contributed by atoms with Crippen LogP contribution in [0.5, 0.6) is 0 Å². The molecule has 0 fully saturated rings. The molecule has 0 aliphatic rings. The van der Waals surface area contributed by atoms with E-state index in [4.69, 9.17) is 4.42 Å². The van der Waals surface area contributed by atoms with Crippen molar-refractivity contribution in [1.82, 2.24) is 0 Å². The number of hydrogen-bond donors (Lipinski definition) is 0. The normalized spacial score (nSPS) is 13.5. The molecule has 0 amide bonds. The molecule has 0 aliphatic heterocycles. The van der Waals surface area contributed by atoms with E-state index in [1.54, 1.807) is 0 Å². The standard InChI is InChI=1S/C20H18O/c1-14(17-9-5-4-6-10-17)13-15(2)20-16(3)18-11-7-8-12-19(18)21-20/h4-13H,3H2,1-2H3/b14-13+,20-15+. The van der Waals surface area contributed by atoms with E-state index >= 15 is 0 Å². The fourth-order valence-corrected chi connectivity index (χ4v) is 2.59. The third-order valence-corrected chi connectivity index (χ3v) is 3.72. The number of furan rings is 1. The van der Waals surface area contributed by atoms with Crippen LogP contribution in [-0.4, -0.2) is 0 Å². The van der Waals surface area contributed by atoms with Crippen LogP contribution in [0.2, 0.25) is 0 Å². The number of hydrogen-bond acceptors (Lipinski definition) is 1. The van der Waals surface area contributed by atoms with Crippen molar-refractivity contribution in [1.29, 1.82) is 0 Å². The minimum atomic E-state index is 0.867. The minimum absolute atomic E-state index is 0.867. The first-order valence-electron chi connectivity index (χ1n) is 7.08. The summed E-state index contributed by atoms with van der Waals surface area (Å²) in [6, 6.07) is 18.4. The highest BCUT2D eigenvalue weighted by Crippen LogP contribution is 2.15. The molecule has 1 heteroatoms. The summed E-state index contributed by atoms with van der Waals surface area (Å²) in [4.78, 5) is 0. The first kappa shape index (κ1) is 13.4. The molecule has 2 aromatic carbocycles. The lowest BCUT2D eigenvalue weighted by molar-refractivity contribution is 0.573. The van der Waals surface area contributed by atoms with Crippen LogP contribution in [-0.2, 0) is 0 Å². The number of fused-ring (bicyclic) bond motifs is 1. The maximum atomic E-state index is 5.95. The van der Waals surface area contributed by atoms with Gasteiger partial charge in [-0.15, -0.1) is 0 Å². The smallest absolute Gasteiger partial charge is 0.137 e. The molecule has 21 heavy (non-hydrogen) atoms. The van der Waals surface area contributed by atoms with E-state index in [-0.39, 0.29) is 0 Å². The molecule has 1 aromatic heterocycles. The molecule has 1 heterocycles. The van der Waals surface area contributed by atoms with Crippen LogP contribution < -0.4 is 10.6 Å².